The molecule has 0 saturated heterocycles. The van der Waals surface area contributed by atoms with Gasteiger partial charge in [0.2, 0.25) is 11.8 Å². The second-order valence-corrected chi connectivity index (χ2v) is 8.26. The topological polar surface area (TPSA) is 85.8 Å². The Morgan fingerprint density at radius 3 is 2.63 bits per heavy atom. The van der Waals surface area contributed by atoms with E-state index in [0.717, 1.165) is 22.8 Å². The quantitative estimate of drug-likeness (QED) is 0.671. The number of anilines is 1. The number of nitrogens with zero attached hydrogens (tertiary/aromatic N) is 4. The molecule has 3 rings (SSSR count). The molecule has 0 aliphatic carbocycles. The van der Waals surface area contributed by atoms with Crippen LogP contribution in [-0.4, -0.2) is 31.6 Å². The fraction of sp³-hybridized carbons (Fsp3) is 0.368. The summed E-state index contributed by atoms with van der Waals surface area (Å²) in [6.45, 7) is 10.0. The van der Waals surface area contributed by atoms with Crippen molar-refractivity contribution in [2.24, 2.45) is 0 Å². The lowest BCUT2D eigenvalue weighted by molar-refractivity contribution is -0.113. The highest BCUT2D eigenvalue weighted by atomic mass is 32.2. The van der Waals surface area contributed by atoms with Crippen molar-refractivity contribution >= 4 is 23.6 Å². The molecule has 0 unspecified atom stereocenters. The number of carbonyl (C=O) groups excluding carboxylic acids is 1. The molecule has 0 radical (unpaired) electrons. The molecule has 0 atom stereocenters. The largest absolute Gasteiger partial charge is 0.338 e. The first kappa shape index (κ1) is 19.2. The SMILES string of the molecule is Cc1ccccc1-n1c(C)nnc1SCC(=O)Nc1cc(C(C)(C)C)no1. The van der Waals surface area contributed by atoms with E-state index in [1.165, 1.54) is 11.8 Å². The number of thioether (sulfide) groups is 1. The molecular weight excluding hydrogens is 362 g/mol. The molecule has 3 aromatic rings. The maximum atomic E-state index is 12.3. The van der Waals surface area contributed by atoms with Crippen LogP contribution in [0.15, 0.2) is 40.0 Å². The number of benzene rings is 1. The third-order valence-electron chi connectivity index (χ3n) is 4.03. The molecular formula is C19H23N5O2S. The molecule has 1 aromatic carbocycles. The zero-order chi connectivity index (χ0) is 19.6. The minimum absolute atomic E-state index is 0.136. The van der Waals surface area contributed by atoms with E-state index in [1.807, 2.05) is 63.5 Å². The summed E-state index contributed by atoms with van der Waals surface area (Å²) in [4.78, 5) is 12.3. The third kappa shape index (κ3) is 4.39. The minimum atomic E-state index is -0.186. The highest BCUT2D eigenvalue weighted by Crippen LogP contribution is 2.25. The Balaban J connectivity index is 1.68. The normalized spacial score (nSPS) is 11.6. The molecule has 1 N–H and O–H groups in total. The average molecular weight is 385 g/mol. The van der Waals surface area contributed by atoms with Crippen LogP contribution in [0.2, 0.25) is 0 Å². The van der Waals surface area contributed by atoms with E-state index >= 15 is 0 Å². The molecule has 7 nitrogen and oxygen atoms in total. The van der Waals surface area contributed by atoms with Crippen LogP contribution >= 0.6 is 11.8 Å². The number of amides is 1. The van der Waals surface area contributed by atoms with Gasteiger partial charge in [-0.05, 0) is 25.5 Å². The Hall–Kier alpha value is -2.61. The summed E-state index contributed by atoms with van der Waals surface area (Å²) >= 11 is 1.33. The van der Waals surface area contributed by atoms with Crippen molar-refractivity contribution in [2.45, 2.75) is 45.2 Å². The molecule has 0 saturated carbocycles. The van der Waals surface area contributed by atoms with Crippen molar-refractivity contribution in [3.63, 3.8) is 0 Å². The predicted octanol–water partition coefficient (Wildman–Crippen LogP) is 3.90. The Bertz CT molecular complexity index is 955. The standard InChI is InChI=1S/C19H23N5O2S/c1-12-8-6-7-9-14(12)24-13(2)21-22-18(24)27-11-16(25)20-17-10-15(23-26-17)19(3,4)5/h6-10H,11H2,1-5H3,(H,20,25). The number of para-hydroxylation sites is 1. The molecule has 0 aliphatic heterocycles. The number of carbonyl (C=O) groups is 1. The second kappa shape index (κ2) is 7.56. The van der Waals surface area contributed by atoms with Crippen LogP contribution in [0.3, 0.4) is 0 Å². The summed E-state index contributed by atoms with van der Waals surface area (Å²) in [6, 6.07) is 9.76. The van der Waals surface area contributed by atoms with Crippen LogP contribution in [0.25, 0.3) is 5.69 Å². The lowest BCUT2D eigenvalue weighted by Gasteiger charge is -2.12. The van der Waals surface area contributed by atoms with Gasteiger partial charge < -0.3 is 4.52 Å². The summed E-state index contributed by atoms with van der Waals surface area (Å²) in [6.07, 6.45) is 0. The Labute approximate surface area is 162 Å². The summed E-state index contributed by atoms with van der Waals surface area (Å²) < 4.78 is 7.16. The van der Waals surface area contributed by atoms with Crippen molar-refractivity contribution in [3.8, 4) is 5.69 Å². The van der Waals surface area contributed by atoms with Gasteiger partial charge in [-0.15, -0.1) is 10.2 Å². The Morgan fingerprint density at radius 1 is 1.22 bits per heavy atom. The summed E-state index contributed by atoms with van der Waals surface area (Å²) in [7, 11) is 0. The van der Waals surface area contributed by atoms with Crippen LogP contribution in [0.1, 0.15) is 37.9 Å². The van der Waals surface area contributed by atoms with E-state index in [0.29, 0.717) is 11.0 Å². The van der Waals surface area contributed by atoms with Gasteiger partial charge in [-0.2, -0.15) is 0 Å². The fourth-order valence-electron chi connectivity index (χ4n) is 2.52. The van der Waals surface area contributed by atoms with Gasteiger partial charge in [0.1, 0.15) is 5.82 Å². The number of hydrogen-bond acceptors (Lipinski definition) is 6. The molecule has 27 heavy (non-hydrogen) atoms. The van der Waals surface area contributed by atoms with Crippen LogP contribution in [0.5, 0.6) is 0 Å². The number of aryl methyl sites for hydroxylation is 2. The number of rotatable bonds is 5. The average Bonchev–Trinajstić information content (AvgIpc) is 3.20. The summed E-state index contributed by atoms with van der Waals surface area (Å²) in [5.74, 6) is 1.13. The van der Waals surface area contributed by atoms with Gasteiger partial charge in [-0.3, -0.25) is 14.7 Å². The first-order chi connectivity index (χ1) is 12.8. The van der Waals surface area contributed by atoms with Gasteiger partial charge >= 0.3 is 0 Å². The van der Waals surface area contributed by atoms with Gasteiger partial charge in [0.25, 0.3) is 0 Å². The number of hydrogen-bond donors (Lipinski definition) is 1. The molecule has 142 valence electrons. The first-order valence-corrected chi connectivity index (χ1v) is 9.62. The monoisotopic (exact) mass is 385 g/mol. The van der Waals surface area contributed by atoms with Gasteiger partial charge in [0, 0.05) is 11.5 Å². The van der Waals surface area contributed by atoms with E-state index in [2.05, 4.69) is 20.7 Å². The van der Waals surface area contributed by atoms with Gasteiger partial charge in [0.05, 0.1) is 17.1 Å². The van der Waals surface area contributed by atoms with Crippen molar-refractivity contribution in [3.05, 3.63) is 47.4 Å². The van der Waals surface area contributed by atoms with Gasteiger partial charge in [-0.1, -0.05) is 55.9 Å². The fourth-order valence-corrected chi connectivity index (χ4v) is 3.31. The van der Waals surface area contributed by atoms with E-state index in [4.69, 9.17) is 4.52 Å². The van der Waals surface area contributed by atoms with Crippen molar-refractivity contribution < 1.29 is 9.32 Å². The smallest absolute Gasteiger partial charge is 0.237 e. The second-order valence-electron chi connectivity index (χ2n) is 7.31. The third-order valence-corrected chi connectivity index (χ3v) is 4.95. The summed E-state index contributed by atoms with van der Waals surface area (Å²) in [5.41, 5.74) is 2.78. The van der Waals surface area contributed by atoms with E-state index in [9.17, 15) is 4.79 Å². The molecule has 2 aromatic heterocycles. The predicted molar refractivity (Wildman–Crippen MR) is 105 cm³/mol. The molecule has 0 bridgehead atoms. The van der Waals surface area contributed by atoms with Gasteiger partial charge in [0.15, 0.2) is 5.16 Å². The molecule has 0 aliphatic rings. The van der Waals surface area contributed by atoms with Crippen molar-refractivity contribution in [1.29, 1.82) is 0 Å². The highest BCUT2D eigenvalue weighted by molar-refractivity contribution is 7.99. The first-order valence-electron chi connectivity index (χ1n) is 8.63. The van der Waals surface area contributed by atoms with Crippen LogP contribution in [0, 0.1) is 13.8 Å². The van der Waals surface area contributed by atoms with Crippen molar-refractivity contribution in [2.75, 3.05) is 11.1 Å². The highest BCUT2D eigenvalue weighted by Gasteiger charge is 2.20. The van der Waals surface area contributed by atoms with Crippen molar-refractivity contribution in [1.82, 2.24) is 19.9 Å². The summed E-state index contributed by atoms with van der Waals surface area (Å²) in [5, 5.41) is 15.8. The van der Waals surface area contributed by atoms with E-state index in [1.54, 1.807) is 6.07 Å². The number of nitrogens with one attached hydrogen (secondary N) is 1. The lowest BCUT2D eigenvalue weighted by atomic mass is 9.92. The Kier molecular flexibility index (Phi) is 5.36. The van der Waals surface area contributed by atoms with Crippen LogP contribution in [-0.2, 0) is 10.2 Å². The zero-order valence-electron chi connectivity index (χ0n) is 16.1. The van der Waals surface area contributed by atoms with Crippen LogP contribution in [0.4, 0.5) is 5.88 Å². The van der Waals surface area contributed by atoms with Crippen LogP contribution < -0.4 is 5.32 Å². The lowest BCUT2D eigenvalue weighted by Crippen LogP contribution is -2.14. The molecule has 2 heterocycles. The molecule has 1 amide bonds. The molecule has 0 fully saturated rings. The number of aromatic nitrogens is 4. The zero-order valence-corrected chi connectivity index (χ0v) is 16.9. The Morgan fingerprint density at radius 2 is 1.96 bits per heavy atom. The van der Waals surface area contributed by atoms with E-state index in [-0.39, 0.29) is 17.1 Å². The molecule has 8 heteroatoms. The minimum Gasteiger partial charge on any atom is -0.338 e. The van der Waals surface area contributed by atoms with Gasteiger partial charge in [-0.25, -0.2) is 0 Å². The van der Waals surface area contributed by atoms with E-state index < -0.39 is 0 Å². The maximum absolute atomic E-state index is 12.3. The maximum Gasteiger partial charge on any atom is 0.237 e. The molecule has 0 spiro atoms.